The summed E-state index contributed by atoms with van der Waals surface area (Å²) in [6.07, 6.45) is 2.77. The largest absolute Gasteiger partial charge is 0.496 e. The Balaban J connectivity index is 1.69. The van der Waals surface area contributed by atoms with Gasteiger partial charge < -0.3 is 54.2 Å². The Morgan fingerprint density at radius 3 is 1.55 bits per heavy atom. The number of nitrogens with zero attached hydrogens (tertiary/aromatic N) is 1. The third-order valence-corrected chi connectivity index (χ3v) is 12.5. The number of nitrogens with one attached hydrogen (secondary N) is 2. The van der Waals surface area contributed by atoms with E-state index in [1.54, 1.807) is 21.1 Å². The SMILES string of the molecule is COc1cc(C(C)(C)C)cc(OCCC(C)(C)c2cc(OC)c(CN3CCCC[C@H]3C(=O)O)c(OCCOc3cc(C(C)(C)C)cc(OC)c3CN[C@H](CO)C(=O)O)c2)c1CN[C@@H](C)C(=O)O. The van der Waals surface area contributed by atoms with Gasteiger partial charge in [-0.05, 0) is 102 Å². The zero-order valence-electron chi connectivity index (χ0n) is 41.6. The predicted octanol–water partition coefficient (Wildman–Crippen LogP) is 7.05. The first kappa shape index (κ1) is 54.3. The highest BCUT2D eigenvalue weighted by Gasteiger charge is 2.32. The first-order valence-corrected chi connectivity index (χ1v) is 23.0. The topological polar surface area (TPSA) is 215 Å². The minimum absolute atomic E-state index is 0.0434. The van der Waals surface area contributed by atoms with Crippen molar-refractivity contribution in [2.45, 2.75) is 142 Å². The fraction of sp³-hybridized carbons (Fsp3) is 0.588. The Bertz CT molecular complexity index is 2160. The molecule has 16 heteroatoms. The molecule has 0 spiro atoms. The molecule has 0 amide bonds. The summed E-state index contributed by atoms with van der Waals surface area (Å²) in [5.41, 5.74) is 3.81. The summed E-state index contributed by atoms with van der Waals surface area (Å²) >= 11 is 0. The maximum absolute atomic E-state index is 12.4. The van der Waals surface area contributed by atoms with Crippen molar-refractivity contribution in [2.75, 3.05) is 54.3 Å². The first-order valence-electron chi connectivity index (χ1n) is 23.0. The number of carboxylic acids is 3. The molecule has 67 heavy (non-hydrogen) atoms. The molecule has 3 aromatic rings. The number of methoxy groups -OCH3 is 3. The van der Waals surface area contributed by atoms with Crippen LogP contribution in [0.3, 0.4) is 0 Å². The average molecular weight is 938 g/mol. The highest BCUT2D eigenvalue weighted by atomic mass is 16.5. The molecule has 1 heterocycles. The highest BCUT2D eigenvalue weighted by molar-refractivity contribution is 5.74. The maximum Gasteiger partial charge on any atom is 0.323 e. The van der Waals surface area contributed by atoms with Gasteiger partial charge in [-0.25, -0.2) is 0 Å². The van der Waals surface area contributed by atoms with E-state index in [0.717, 1.165) is 29.5 Å². The monoisotopic (exact) mass is 938 g/mol. The van der Waals surface area contributed by atoms with E-state index < -0.39 is 48.1 Å². The molecule has 372 valence electrons. The Morgan fingerprint density at radius 2 is 1.09 bits per heavy atom. The van der Waals surface area contributed by atoms with Gasteiger partial charge in [0.1, 0.15) is 65.8 Å². The van der Waals surface area contributed by atoms with Crippen molar-refractivity contribution < 1.29 is 63.2 Å². The lowest BCUT2D eigenvalue weighted by Gasteiger charge is -2.34. The van der Waals surface area contributed by atoms with Gasteiger partial charge in [0.15, 0.2) is 0 Å². The summed E-state index contributed by atoms with van der Waals surface area (Å²) in [5, 5.41) is 44.9. The van der Waals surface area contributed by atoms with E-state index in [9.17, 15) is 34.8 Å². The molecular formula is C51H75N3O13. The third kappa shape index (κ3) is 14.6. The Morgan fingerprint density at radius 1 is 0.642 bits per heavy atom. The molecule has 0 aromatic heterocycles. The van der Waals surface area contributed by atoms with Gasteiger partial charge in [0, 0.05) is 30.8 Å². The fourth-order valence-electron chi connectivity index (χ4n) is 7.88. The number of hydrogen-bond acceptors (Lipinski definition) is 13. The van der Waals surface area contributed by atoms with Gasteiger partial charge in [-0.1, -0.05) is 61.8 Å². The van der Waals surface area contributed by atoms with Crippen LogP contribution in [-0.4, -0.2) is 116 Å². The number of carboxylic acid groups (broad SMARTS) is 3. The minimum atomic E-state index is -1.20. The average Bonchev–Trinajstić information content (AvgIpc) is 3.26. The summed E-state index contributed by atoms with van der Waals surface area (Å²) in [4.78, 5) is 37.8. The van der Waals surface area contributed by atoms with Gasteiger partial charge in [0.05, 0.1) is 40.1 Å². The van der Waals surface area contributed by atoms with Gasteiger partial charge in [0.25, 0.3) is 0 Å². The predicted molar refractivity (Wildman–Crippen MR) is 255 cm³/mol. The number of hydrogen-bond donors (Lipinski definition) is 6. The summed E-state index contributed by atoms with van der Waals surface area (Å²) in [6, 6.07) is 9.07. The quantitative estimate of drug-likeness (QED) is 0.0470. The minimum Gasteiger partial charge on any atom is -0.496 e. The summed E-state index contributed by atoms with van der Waals surface area (Å²) in [5.74, 6) is 0.188. The molecule has 16 nitrogen and oxygen atoms in total. The molecule has 6 N–H and O–H groups in total. The normalized spacial score (nSPS) is 15.6. The van der Waals surface area contributed by atoms with Crippen LogP contribution >= 0.6 is 0 Å². The Labute approximate surface area is 396 Å². The molecule has 3 aromatic carbocycles. The Hall–Kier alpha value is -5.29. The van der Waals surface area contributed by atoms with Crippen LogP contribution in [0.1, 0.15) is 121 Å². The van der Waals surface area contributed by atoms with Crippen LogP contribution in [0.4, 0.5) is 0 Å². The number of ether oxygens (including phenoxy) is 6. The number of likely N-dealkylation sites (tertiary alicyclic amines) is 1. The van der Waals surface area contributed by atoms with Crippen LogP contribution in [0.5, 0.6) is 34.5 Å². The van der Waals surface area contributed by atoms with Crippen molar-refractivity contribution in [1.82, 2.24) is 15.5 Å². The molecule has 0 aliphatic carbocycles. The number of aliphatic carboxylic acids is 3. The lowest BCUT2D eigenvalue weighted by molar-refractivity contribution is -0.145. The molecule has 4 rings (SSSR count). The van der Waals surface area contributed by atoms with Crippen molar-refractivity contribution >= 4 is 17.9 Å². The molecule has 0 bridgehead atoms. The van der Waals surface area contributed by atoms with E-state index in [1.165, 1.54) is 7.11 Å². The Kier molecular flexibility index (Phi) is 19.2. The molecule has 0 radical (unpaired) electrons. The first-order chi connectivity index (χ1) is 31.4. The molecular weight excluding hydrogens is 863 g/mol. The van der Waals surface area contributed by atoms with Crippen LogP contribution in [0.15, 0.2) is 36.4 Å². The molecule has 0 saturated carbocycles. The third-order valence-electron chi connectivity index (χ3n) is 12.5. The molecule has 1 saturated heterocycles. The van der Waals surface area contributed by atoms with E-state index in [1.807, 2.05) is 41.3 Å². The second-order valence-corrected chi connectivity index (χ2v) is 19.9. The van der Waals surface area contributed by atoms with Crippen LogP contribution < -0.4 is 39.1 Å². The molecule has 1 fully saturated rings. The second kappa shape index (κ2) is 23.6. The zero-order valence-corrected chi connectivity index (χ0v) is 41.6. The van der Waals surface area contributed by atoms with Crippen molar-refractivity contribution in [2.24, 2.45) is 0 Å². The number of benzene rings is 3. The number of aliphatic hydroxyl groups excluding tert-OH is 1. The van der Waals surface area contributed by atoms with E-state index in [-0.39, 0.29) is 43.7 Å². The fourth-order valence-corrected chi connectivity index (χ4v) is 7.88. The van der Waals surface area contributed by atoms with Gasteiger partial charge >= 0.3 is 17.9 Å². The summed E-state index contributed by atoms with van der Waals surface area (Å²) in [7, 11) is 4.71. The molecule has 1 aliphatic rings. The summed E-state index contributed by atoms with van der Waals surface area (Å²) in [6.45, 7) is 19.3. The van der Waals surface area contributed by atoms with E-state index in [4.69, 9.17) is 28.4 Å². The second-order valence-electron chi connectivity index (χ2n) is 19.9. The lowest BCUT2D eigenvalue weighted by Crippen LogP contribution is -2.44. The van der Waals surface area contributed by atoms with E-state index >= 15 is 0 Å². The van der Waals surface area contributed by atoms with Crippen molar-refractivity contribution in [3.8, 4) is 34.5 Å². The van der Waals surface area contributed by atoms with Crippen LogP contribution in [0.25, 0.3) is 0 Å². The zero-order chi connectivity index (χ0) is 49.9. The van der Waals surface area contributed by atoms with Gasteiger partial charge in [-0.2, -0.15) is 0 Å². The molecule has 3 atom stereocenters. The van der Waals surface area contributed by atoms with Crippen molar-refractivity contribution in [3.63, 3.8) is 0 Å². The summed E-state index contributed by atoms with van der Waals surface area (Å²) < 4.78 is 37.2. The van der Waals surface area contributed by atoms with Crippen LogP contribution in [0, 0.1) is 0 Å². The van der Waals surface area contributed by atoms with E-state index in [2.05, 4.69) is 66.0 Å². The van der Waals surface area contributed by atoms with Gasteiger partial charge in [-0.3, -0.25) is 24.6 Å². The number of aliphatic hydroxyl groups is 1. The smallest absolute Gasteiger partial charge is 0.323 e. The number of piperidine rings is 1. The van der Waals surface area contributed by atoms with Crippen molar-refractivity contribution in [3.05, 3.63) is 69.8 Å². The van der Waals surface area contributed by atoms with Crippen LogP contribution in [-0.2, 0) is 50.3 Å². The van der Waals surface area contributed by atoms with Crippen molar-refractivity contribution in [1.29, 1.82) is 0 Å². The van der Waals surface area contributed by atoms with Crippen LogP contribution in [0.2, 0.25) is 0 Å². The highest BCUT2D eigenvalue weighted by Crippen LogP contribution is 2.41. The molecule has 0 unspecified atom stereocenters. The van der Waals surface area contributed by atoms with Gasteiger partial charge in [0.2, 0.25) is 0 Å². The van der Waals surface area contributed by atoms with E-state index in [0.29, 0.717) is 77.2 Å². The standard InChI is InChI=1S/C51H75N3O13/c1-31(46(56)57)52-27-35-40(62-10)21-32(49(2,3)4)23-43(35)65-18-16-51(8,9)34-25-42(64-12)37(29-54-17-14-13-15-39(54)48(60)61)45(26-34)67-20-19-66-44-24-33(50(5,6)7)22-41(63-11)36(44)28-53-38(30-55)47(58)59/h21-26,31,38-39,52-53,55H,13-20,27-30H2,1-12H3,(H,56,57)(H,58,59)(H,60,61)/t31-,38+,39-/m0/s1. The molecule has 1 aliphatic heterocycles. The number of rotatable bonds is 25. The number of carbonyl (C=O) groups is 3. The maximum atomic E-state index is 12.4. The van der Waals surface area contributed by atoms with Gasteiger partial charge in [-0.15, -0.1) is 0 Å². The lowest BCUT2D eigenvalue weighted by atomic mass is 9.81.